The molecule has 0 spiro atoms. The Bertz CT molecular complexity index is 281. The molecule has 3 unspecified atom stereocenters. The lowest BCUT2D eigenvalue weighted by Gasteiger charge is -2.27. The highest BCUT2D eigenvalue weighted by Gasteiger charge is 2.41. The Kier molecular flexibility index (Phi) is 6.27. The second kappa shape index (κ2) is 7.74. The third-order valence-corrected chi connectivity index (χ3v) is 4.89. The third-order valence-electron chi connectivity index (χ3n) is 4.89. The highest BCUT2D eigenvalue weighted by molar-refractivity contribution is 4.94. The third kappa shape index (κ3) is 5.32. The summed E-state index contributed by atoms with van der Waals surface area (Å²) in [7, 11) is 0. The van der Waals surface area contributed by atoms with E-state index < -0.39 is 6.10 Å². The minimum Gasteiger partial charge on any atom is -0.396 e. The van der Waals surface area contributed by atoms with Gasteiger partial charge in [0.25, 0.3) is 0 Å². The first-order valence-corrected chi connectivity index (χ1v) is 8.25. The molecular formula is C16H31NO3. The fraction of sp³-hybridized carbons (Fsp3) is 1.00. The summed E-state index contributed by atoms with van der Waals surface area (Å²) in [4.78, 5) is 0. The minimum atomic E-state index is -0.419. The monoisotopic (exact) mass is 285 g/mol. The van der Waals surface area contributed by atoms with E-state index in [2.05, 4.69) is 12.2 Å². The Morgan fingerprint density at radius 3 is 2.80 bits per heavy atom. The molecule has 3 N–H and O–H groups in total. The quantitative estimate of drug-likeness (QED) is 0.603. The summed E-state index contributed by atoms with van der Waals surface area (Å²) in [6.45, 7) is 4.49. The van der Waals surface area contributed by atoms with Crippen LogP contribution in [0.5, 0.6) is 0 Å². The Morgan fingerprint density at radius 2 is 2.15 bits per heavy atom. The van der Waals surface area contributed by atoms with Crippen molar-refractivity contribution in [2.45, 2.75) is 64.1 Å². The van der Waals surface area contributed by atoms with Gasteiger partial charge in [0.2, 0.25) is 0 Å². The molecule has 3 atom stereocenters. The number of nitrogens with one attached hydrogen (secondary N) is 1. The van der Waals surface area contributed by atoms with Crippen LogP contribution in [0.1, 0.15) is 51.9 Å². The molecule has 0 aromatic rings. The molecule has 0 aromatic heterocycles. The average Bonchev–Trinajstić information content (AvgIpc) is 3.17. The van der Waals surface area contributed by atoms with Gasteiger partial charge in [0.1, 0.15) is 0 Å². The summed E-state index contributed by atoms with van der Waals surface area (Å²) >= 11 is 0. The molecule has 2 aliphatic carbocycles. The van der Waals surface area contributed by atoms with Crippen molar-refractivity contribution < 1.29 is 14.9 Å². The Morgan fingerprint density at radius 1 is 1.35 bits per heavy atom. The van der Waals surface area contributed by atoms with Gasteiger partial charge in [-0.2, -0.15) is 0 Å². The molecule has 0 heterocycles. The van der Waals surface area contributed by atoms with Gasteiger partial charge in [0, 0.05) is 19.7 Å². The SMILES string of the molecule is CC1CCCC(OCC(O)CNCC2(CCO)CC2)C1. The zero-order valence-corrected chi connectivity index (χ0v) is 12.8. The maximum absolute atomic E-state index is 9.96. The average molecular weight is 285 g/mol. The van der Waals surface area contributed by atoms with Crippen molar-refractivity contribution in [3.8, 4) is 0 Å². The molecule has 0 aliphatic heterocycles. The first-order chi connectivity index (χ1) is 9.63. The Balaban J connectivity index is 1.53. The second-order valence-corrected chi connectivity index (χ2v) is 6.99. The lowest BCUT2D eigenvalue weighted by molar-refractivity contribution is -0.0308. The van der Waals surface area contributed by atoms with Gasteiger partial charge in [-0.1, -0.05) is 19.8 Å². The van der Waals surface area contributed by atoms with Crippen molar-refractivity contribution in [2.75, 3.05) is 26.3 Å². The number of rotatable bonds is 9. The van der Waals surface area contributed by atoms with Crippen LogP contribution < -0.4 is 5.32 Å². The van der Waals surface area contributed by atoms with Gasteiger partial charge < -0.3 is 20.3 Å². The molecule has 0 aromatic carbocycles. The first kappa shape index (κ1) is 16.2. The molecule has 4 nitrogen and oxygen atoms in total. The molecule has 0 amide bonds. The zero-order valence-electron chi connectivity index (χ0n) is 12.8. The van der Waals surface area contributed by atoms with Crippen LogP contribution in [0.15, 0.2) is 0 Å². The molecule has 2 fully saturated rings. The molecule has 2 aliphatic rings. The number of aliphatic hydroxyl groups is 2. The van der Waals surface area contributed by atoms with Crippen LogP contribution in [-0.2, 0) is 4.74 Å². The molecular weight excluding hydrogens is 254 g/mol. The van der Waals surface area contributed by atoms with Crippen LogP contribution >= 0.6 is 0 Å². The smallest absolute Gasteiger partial charge is 0.0897 e. The van der Waals surface area contributed by atoms with E-state index in [9.17, 15) is 5.11 Å². The maximum atomic E-state index is 9.96. The molecule has 0 radical (unpaired) electrons. The molecule has 118 valence electrons. The van der Waals surface area contributed by atoms with Crippen LogP contribution in [-0.4, -0.2) is 48.7 Å². The van der Waals surface area contributed by atoms with Gasteiger partial charge in [0.05, 0.1) is 18.8 Å². The molecule has 0 bridgehead atoms. The second-order valence-electron chi connectivity index (χ2n) is 6.99. The predicted octanol–water partition coefficient (Wildman–Crippen LogP) is 1.69. The fourth-order valence-electron chi connectivity index (χ4n) is 3.27. The van der Waals surface area contributed by atoms with Crippen molar-refractivity contribution in [3.05, 3.63) is 0 Å². The standard InChI is InChI=1S/C16H31NO3/c1-13-3-2-4-15(9-13)20-11-14(19)10-17-12-16(5-6-16)7-8-18/h13-15,17-19H,2-12H2,1H3. The highest BCUT2D eigenvalue weighted by atomic mass is 16.5. The largest absolute Gasteiger partial charge is 0.396 e. The summed E-state index contributed by atoms with van der Waals surface area (Å²) in [5.41, 5.74) is 0.314. The number of ether oxygens (including phenoxy) is 1. The maximum Gasteiger partial charge on any atom is 0.0897 e. The molecule has 2 saturated carbocycles. The van der Waals surface area contributed by atoms with Crippen LogP contribution in [0.25, 0.3) is 0 Å². The molecule has 20 heavy (non-hydrogen) atoms. The normalized spacial score (nSPS) is 30.1. The van der Waals surface area contributed by atoms with Crippen LogP contribution in [0.4, 0.5) is 0 Å². The molecule has 4 heteroatoms. The summed E-state index contributed by atoms with van der Waals surface area (Å²) < 4.78 is 5.83. The number of hydrogen-bond acceptors (Lipinski definition) is 4. The van der Waals surface area contributed by atoms with Crippen molar-refractivity contribution >= 4 is 0 Å². The van der Waals surface area contributed by atoms with Gasteiger partial charge in [-0.15, -0.1) is 0 Å². The fourth-order valence-corrected chi connectivity index (χ4v) is 3.27. The van der Waals surface area contributed by atoms with E-state index in [0.29, 0.717) is 24.7 Å². The van der Waals surface area contributed by atoms with Gasteiger partial charge in [-0.05, 0) is 43.4 Å². The van der Waals surface area contributed by atoms with Gasteiger partial charge >= 0.3 is 0 Å². The van der Waals surface area contributed by atoms with E-state index in [4.69, 9.17) is 9.84 Å². The van der Waals surface area contributed by atoms with Crippen molar-refractivity contribution in [3.63, 3.8) is 0 Å². The minimum absolute atomic E-state index is 0.271. The van der Waals surface area contributed by atoms with Gasteiger partial charge in [0.15, 0.2) is 0 Å². The predicted molar refractivity (Wildman–Crippen MR) is 79.6 cm³/mol. The van der Waals surface area contributed by atoms with E-state index in [1.165, 1.54) is 25.7 Å². The Hall–Kier alpha value is -0.160. The summed E-state index contributed by atoms with van der Waals surface area (Å²) in [6, 6.07) is 0. The van der Waals surface area contributed by atoms with Crippen LogP contribution in [0, 0.1) is 11.3 Å². The Labute approximate surface area is 122 Å². The zero-order chi connectivity index (χ0) is 14.4. The van der Waals surface area contributed by atoms with E-state index in [-0.39, 0.29) is 6.61 Å². The lowest BCUT2D eigenvalue weighted by atomic mass is 9.89. The van der Waals surface area contributed by atoms with Crippen LogP contribution in [0.3, 0.4) is 0 Å². The lowest BCUT2D eigenvalue weighted by Crippen LogP contribution is -2.36. The highest BCUT2D eigenvalue weighted by Crippen LogP contribution is 2.47. The summed E-state index contributed by atoms with van der Waals surface area (Å²) in [5.74, 6) is 0.761. The molecule has 2 rings (SSSR count). The van der Waals surface area contributed by atoms with Crippen molar-refractivity contribution in [2.24, 2.45) is 11.3 Å². The van der Waals surface area contributed by atoms with Crippen LogP contribution in [0.2, 0.25) is 0 Å². The van der Waals surface area contributed by atoms with Gasteiger partial charge in [-0.25, -0.2) is 0 Å². The van der Waals surface area contributed by atoms with Crippen molar-refractivity contribution in [1.29, 1.82) is 0 Å². The topological polar surface area (TPSA) is 61.7 Å². The molecule has 0 saturated heterocycles. The van der Waals surface area contributed by atoms with Gasteiger partial charge in [-0.3, -0.25) is 0 Å². The number of aliphatic hydroxyl groups excluding tert-OH is 2. The summed E-state index contributed by atoms with van der Waals surface area (Å²) in [6.07, 6.45) is 8.06. The van der Waals surface area contributed by atoms with E-state index in [1.54, 1.807) is 0 Å². The van der Waals surface area contributed by atoms with Crippen molar-refractivity contribution in [1.82, 2.24) is 5.32 Å². The van der Waals surface area contributed by atoms with E-state index in [1.807, 2.05) is 0 Å². The van der Waals surface area contributed by atoms with E-state index >= 15 is 0 Å². The number of hydrogen-bond donors (Lipinski definition) is 3. The first-order valence-electron chi connectivity index (χ1n) is 8.25. The van der Waals surface area contributed by atoms with E-state index in [0.717, 1.165) is 31.7 Å². The summed E-state index contributed by atoms with van der Waals surface area (Å²) in [5, 5.41) is 22.3.